The van der Waals surface area contributed by atoms with Gasteiger partial charge in [0.25, 0.3) is 0 Å². The molecule has 0 aliphatic carbocycles. The molecule has 28 heavy (non-hydrogen) atoms. The fourth-order valence-corrected chi connectivity index (χ4v) is 3.39. The van der Waals surface area contributed by atoms with Gasteiger partial charge in [-0.3, -0.25) is 4.99 Å². The van der Waals surface area contributed by atoms with Crippen molar-refractivity contribution in [2.24, 2.45) is 10.9 Å². The monoisotopic (exact) mass is 388 g/mol. The maximum Gasteiger partial charge on any atom is 0.191 e. The van der Waals surface area contributed by atoms with Gasteiger partial charge < -0.3 is 20.3 Å². The van der Waals surface area contributed by atoms with E-state index in [-0.39, 0.29) is 0 Å². The number of benzene rings is 1. The van der Waals surface area contributed by atoms with Crippen molar-refractivity contribution in [2.75, 3.05) is 32.8 Å². The molecule has 1 aliphatic heterocycles. The summed E-state index contributed by atoms with van der Waals surface area (Å²) >= 11 is 0. The third-order valence-corrected chi connectivity index (χ3v) is 5.12. The van der Waals surface area contributed by atoms with Crippen molar-refractivity contribution in [3.8, 4) is 5.75 Å². The summed E-state index contributed by atoms with van der Waals surface area (Å²) < 4.78 is 5.75. The second-order valence-electron chi connectivity index (χ2n) is 8.41. The first kappa shape index (κ1) is 22.5. The topological polar surface area (TPSA) is 48.9 Å². The minimum atomic E-state index is 0.519. The summed E-state index contributed by atoms with van der Waals surface area (Å²) in [5.41, 5.74) is 1.29. The Morgan fingerprint density at radius 2 is 1.82 bits per heavy atom. The molecular weight excluding hydrogens is 348 g/mol. The maximum atomic E-state index is 5.75. The van der Waals surface area contributed by atoms with E-state index in [1.54, 1.807) is 0 Å². The highest BCUT2D eigenvalue weighted by atomic mass is 16.5. The van der Waals surface area contributed by atoms with Gasteiger partial charge in [-0.1, -0.05) is 26.0 Å². The fourth-order valence-electron chi connectivity index (χ4n) is 3.39. The van der Waals surface area contributed by atoms with Gasteiger partial charge in [-0.25, -0.2) is 0 Å². The van der Waals surface area contributed by atoms with Crippen LogP contribution in [-0.4, -0.2) is 55.7 Å². The lowest BCUT2D eigenvalue weighted by molar-refractivity contribution is 0.167. The molecule has 1 aromatic carbocycles. The summed E-state index contributed by atoms with van der Waals surface area (Å²) in [4.78, 5) is 7.34. The van der Waals surface area contributed by atoms with E-state index >= 15 is 0 Å². The Morgan fingerprint density at radius 1 is 1.14 bits per heavy atom. The van der Waals surface area contributed by atoms with Crippen LogP contribution in [0.25, 0.3) is 0 Å². The summed E-state index contributed by atoms with van der Waals surface area (Å²) in [6.45, 7) is 15.8. The zero-order chi connectivity index (χ0) is 20.4. The first-order chi connectivity index (χ1) is 13.5. The third-order valence-electron chi connectivity index (χ3n) is 5.12. The molecule has 0 bridgehead atoms. The first-order valence-corrected chi connectivity index (χ1v) is 11.0. The molecule has 5 heteroatoms. The quantitative estimate of drug-likeness (QED) is 0.500. The highest BCUT2D eigenvalue weighted by Crippen LogP contribution is 2.14. The van der Waals surface area contributed by atoms with Crippen LogP contribution in [0, 0.1) is 5.92 Å². The van der Waals surface area contributed by atoms with Crippen LogP contribution in [0.15, 0.2) is 29.3 Å². The summed E-state index contributed by atoms with van der Waals surface area (Å²) in [5.74, 6) is 2.44. The molecule has 0 radical (unpaired) electrons. The van der Waals surface area contributed by atoms with Gasteiger partial charge in [0.05, 0.1) is 6.61 Å². The van der Waals surface area contributed by atoms with Gasteiger partial charge in [-0.05, 0) is 63.6 Å². The van der Waals surface area contributed by atoms with Crippen LogP contribution in [0.2, 0.25) is 0 Å². The molecule has 2 N–H and O–H groups in total. The molecule has 1 saturated heterocycles. The third kappa shape index (κ3) is 8.09. The zero-order valence-electron chi connectivity index (χ0n) is 18.5. The highest BCUT2D eigenvalue weighted by molar-refractivity contribution is 5.80. The van der Waals surface area contributed by atoms with E-state index in [1.165, 1.54) is 31.5 Å². The van der Waals surface area contributed by atoms with E-state index in [1.807, 2.05) is 0 Å². The number of nitrogens with zero attached hydrogens (tertiary/aromatic N) is 2. The molecule has 1 aliphatic rings. The second-order valence-corrected chi connectivity index (χ2v) is 8.41. The Bertz CT molecular complexity index is 575. The van der Waals surface area contributed by atoms with Crippen molar-refractivity contribution in [2.45, 2.75) is 66.0 Å². The fraction of sp³-hybridized carbons (Fsp3) is 0.696. The molecule has 2 rings (SSSR count). The number of piperidine rings is 1. The second kappa shape index (κ2) is 11.9. The molecule has 0 unspecified atom stereocenters. The molecule has 1 fully saturated rings. The molecule has 0 atom stereocenters. The molecule has 0 saturated carbocycles. The summed E-state index contributed by atoms with van der Waals surface area (Å²) in [6.07, 6.45) is 3.30. The van der Waals surface area contributed by atoms with Gasteiger partial charge in [0.15, 0.2) is 5.96 Å². The Balaban J connectivity index is 1.79. The average Bonchev–Trinajstić information content (AvgIpc) is 2.68. The number of ether oxygens (including phenoxy) is 1. The van der Waals surface area contributed by atoms with Crippen LogP contribution in [0.3, 0.4) is 0 Å². The van der Waals surface area contributed by atoms with Gasteiger partial charge in [0, 0.05) is 38.3 Å². The molecule has 1 aromatic rings. The standard InChI is InChI=1S/C23H40N4O/c1-6-24-23(26-21-12-15-27(16-13-21)19(4)5)25-14-11-20-7-9-22(10-8-20)28-17-18(2)3/h7-10,18-19,21H,6,11-17H2,1-5H3,(H2,24,25,26). The predicted octanol–water partition coefficient (Wildman–Crippen LogP) is 3.69. The van der Waals surface area contributed by atoms with Crippen LogP contribution < -0.4 is 15.4 Å². The van der Waals surface area contributed by atoms with Crippen molar-refractivity contribution >= 4 is 5.96 Å². The lowest BCUT2D eigenvalue weighted by Gasteiger charge is -2.35. The highest BCUT2D eigenvalue weighted by Gasteiger charge is 2.21. The van der Waals surface area contributed by atoms with Crippen molar-refractivity contribution in [3.05, 3.63) is 29.8 Å². The number of guanidine groups is 1. The van der Waals surface area contributed by atoms with Gasteiger partial charge in [0.2, 0.25) is 0 Å². The number of rotatable bonds is 9. The van der Waals surface area contributed by atoms with E-state index in [0.717, 1.165) is 37.8 Å². The van der Waals surface area contributed by atoms with E-state index < -0.39 is 0 Å². The predicted molar refractivity (Wildman–Crippen MR) is 119 cm³/mol. The molecule has 0 amide bonds. The molecule has 5 nitrogen and oxygen atoms in total. The smallest absolute Gasteiger partial charge is 0.191 e. The average molecular weight is 389 g/mol. The summed E-state index contributed by atoms with van der Waals surface area (Å²) in [5, 5.41) is 7.02. The van der Waals surface area contributed by atoms with Crippen LogP contribution >= 0.6 is 0 Å². The van der Waals surface area contributed by atoms with Crippen molar-refractivity contribution in [1.29, 1.82) is 0 Å². The number of hydrogen-bond acceptors (Lipinski definition) is 3. The van der Waals surface area contributed by atoms with Gasteiger partial charge in [0.1, 0.15) is 5.75 Å². The van der Waals surface area contributed by atoms with Crippen molar-refractivity contribution in [3.63, 3.8) is 0 Å². The summed E-state index contributed by atoms with van der Waals surface area (Å²) in [6, 6.07) is 9.58. The maximum absolute atomic E-state index is 5.75. The lowest BCUT2D eigenvalue weighted by atomic mass is 10.0. The Morgan fingerprint density at radius 3 is 2.39 bits per heavy atom. The van der Waals surface area contributed by atoms with E-state index in [9.17, 15) is 0 Å². The Labute approximate surface area is 171 Å². The number of aliphatic imine (C=N–C) groups is 1. The molecule has 1 heterocycles. The Kier molecular flexibility index (Phi) is 9.62. The molecule has 0 spiro atoms. The summed E-state index contributed by atoms with van der Waals surface area (Å²) in [7, 11) is 0. The molecule has 0 aromatic heterocycles. The van der Waals surface area contributed by atoms with Gasteiger partial charge in [-0.2, -0.15) is 0 Å². The van der Waals surface area contributed by atoms with Gasteiger partial charge in [-0.15, -0.1) is 0 Å². The molecule has 158 valence electrons. The van der Waals surface area contributed by atoms with Crippen molar-refractivity contribution in [1.82, 2.24) is 15.5 Å². The number of nitrogens with one attached hydrogen (secondary N) is 2. The lowest BCUT2D eigenvalue weighted by Crippen LogP contribution is -2.49. The normalized spacial score (nSPS) is 16.6. The molecular formula is C23H40N4O. The van der Waals surface area contributed by atoms with Crippen molar-refractivity contribution < 1.29 is 4.74 Å². The number of likely N-dealkylation sites (tertiary alicyclic amines) is 1. The number of hydrogen-bond donors (Lipinski definition) is 2. The van der Waals surface area contributed by atoms with E-state index in [2.05, 4.69) is 74.4 Å². The first-order valence-electron chi connectivity index (χ1n) is 11.0. The van der Waals surface area contributed by atoms with E-state index in [0.29, 0.717) is 18.0 Å². The van der Waals surface area contributed by atoms with Crippen LogP contribution in [0.5, 0.6) is 5.75 Å². The van der Waals surface area contributed by atoms with Crippen LogP contribution in [0.1, 0.15) is 53.0 Å². The largest absolute Gasteiger partial charge is 0.493 e. The SMILES string of the molecule is CCNC(=NCCc1ccc(OCC(C)C)cc1)NC1CCN(C(C)C)CC1. The van der Waals surface area contributed by atoms with Crippen LogP contribution in [0.4, 0.5) is 0 Å². The minimum absolute atomic E-state index is 0.519. The minimum Gasteiger partial charge on any atom is -0.493 e. The van der Waals surface area contributed by atoms with Crippen LogP contribution in [-0.2, 0) is 6.42 Å². The Hall–Kier alpha value is -1.75. The van der Waals surface area contributed by atoms with Gasteiger partial charge >= 0.3 is 0 Å². The van der Waals surface area contributed by atoms with E-state index in [4.69, 9.17) is 9.73 Å². The zero-order valence-corrected chi connectivity index (χ0v) is 18.5.